The van der Waals surface area contributed by atoms with Crippen LogP contribution in [0.15, 0.2) is 18.2 Å². The topological polar surface area (TPSA) is 67.6 Å². The van der Waals surface area contributed by atoms with Crippen molar-refractivity contribution in [3.05, 3.63) is 23.8 Å². The normalized spacial score (nSPS) is 10.7. The molecule has 0 aromatic heterocycles. The van der Waals surface area contributed by atoms with Crippen LogP contribution in [0, 0.1) is 0 Å². The number of hydrogen-bond acceptors (Lipinski definition) is 5. The van der Waals surface area contributed by atoms with Gasteiger partial charge in [0.25, 0.3) is 0 Å². The van der Waals surface area contributed by atoms with Gasteiger partial charge in [0.15, 0.2) is 0 Å². The van der Waals surface area contributed by atoms with Gasteiger partial charge in [0, 0.05) is 17.9 Å². The van der Waals surface area contributed by atoms with Gasteiger partial charge < -0.3 is 20.7 Å². The minimum atomic E-state index is -0.373. The first-order valence-electron chi connectivity index (χ1n) is 7.65. The maximum atomic E-state index is 11.8. The Hall–Kier alpha value is -1.75. The molecule has 0 fully saturated rings. The lowest BCUT2D eigenvalue weighted by molar-refractivity contribution is 0.0527. The summed E-state index contributed by atoms with van der Waals surface area (Å²) in [6, 6.07) is 5.37. The van der Waals surface area contributed by atoms with Gasteiger partial charge >= 0.3 is 5.97 Å². The van der Waals surface area contributed by atoms with E-state index in [1.165, 1.54) is 0 Å². The molecule has 0 heterocycles. The van der Waals surface area contributed by atoms with E-state index in [1.807, 2.05) is 6.07 Å². The van der Waals surface area contributed by atoms with Gasteiger partial charge in [-0.1, -0.05) is 13.8 Å². The van der Waals surface area contributed by atoms with Crippen molar-refractivity contribution in [2.75, 3.05) is 43.8 Å². The molecule has 0 saturated carbocycles. The number of nitrogens with zero attached hydrogens (tertiary/aromatic N) is 1. The maximum Gasteiger partial charge on any atom is 0.340 e. The molecule has 0 saturated heterocycles. The highest BCUT2D eigenvalue weighted by Crippen LogP contribution is 2.19. The molecule has 0 spiro atoms. The number of hydrogen-bond donors (Lipinski definition) is 2. The molecule has 1 rings (SSSR count). The van der Waals surface area contributed by atoms with Crippen LogP contribution in [-0.2, 0) is 4.74 Å². The molecule has 1 aromatic rings. The van der Waals surface area contributed by atoms with Crippen LogP contribution in [0.1, 0.15) is 37.6 Å². The molecule has 0 unspecified atom stereocenters. The fourth-order valence-corrected chi connectivity index (χ4v) is 2.13. The zero-order valence-electron chi connectivity index (χ0n) is 13.3. The van der Waals surface area contributed by atoms with Gasteiger partial charge in [-0.15, -0.1) is 0 Å². The molecule has 0 bridgehead atoms. The molecule has 0 atom stereocenters. The van der Waals surface area contributed by atoms with E-state index < -0.39 is 0 Å². The lowest BCUT2D eigenvalue weighted by atomic mass is 10.1. The molecule has 0 aliphatic carbocycles. The summed E-state index contributed by atoms with van der Waals surface area (Å²) in [4.78, 5) is 14.2. The summed E-state index contributed by atoms with van der Waals surface area (Å²) in [5, 5.41) is 3.32. The standard InChI is InChI=1S/C16H27N3O2/c1-4-19(5-2)11-7-10-18-13-8-9-15(17)14(12-13)16(20)21-6-3/h8-9,12,18H,4-7,10-11,17H2,1-3H3. The molecule has 0 aliphatic rings. The zero-order valence-corrected chi connectivity index (χ0v) is 13.3. The average molecular weight is 293 g/mol. The van der Waals surface area contributed by atoms with Crippen molar-refractivity contribution < 1.29 is 9.53 Å². The quantitative estimate of drug-likeness (QED) is 0.416. The fraction of sp³-hybridized carbons (Fsp3) is 0.562. The Labute approximate surface area is 127 Å². The van der Waals surface area contributed by atoms with E-state index >= 15 is 0 Å². The zero-order chi connectivity index (χ0) is 15.7. The third-order valence-corrected chi connectivity index (χ3v) is 3.42. The highest BCUT2D eigenvalue weighted by molar-refractivity contribution is 5.96. The second-order valence-corrected chi connectivity index (χ2v) is 4.83. The SMILES string of the molecule is CCOC(=O)c1cc(NCCCN(CC)CC)ccc1N. The van der Waals surface area contributed by atoms with E-state index in [1.54, 1.807) is 19.1 Å². The second-order valence-electron chi connectivity index (χ2n) is 4.83. The van der Waals surface area contributed by atoms with E-state index in [-0.39, 0.29) is 5.97 Å². The largest absolute Gasteiger partial charge is 0.462 e. The Balaban J connectivity index is 2.52. The molecule has 0 radical (unpaired) electrons. The van der Waals surface area contributed by atoms with E-state index in [4.69, 9.17) is 10.5 Å². The monoisotopic (exact) mass is 293 g/mol. The number of carbonyl (C=O) groups is 1. The Morgan fingerprint density at radius 3 is 2.62 bits per heavy atom. The van der Waals surface area contributed by atoms with Crippen molar-refractivity contribution in [2.45, 2.75) is 27.2 Å². The van der Waals surface area contributed by atoms with Crippen LogP contribution in [0.4, 0.5) is 11.4 Å². The van der Waals surface area contributed by atoms with Crippen molar-refractivity contribution in [1.82, 2.24) is 4.90 Å². The molecule has 3 N–H and O–H groups in total. The number of rotatable bonds is 9. The minimum Gasteiger partial charge on any atom is -0.462 e. The molecule has 21 heavy (non-hydrogen) atoms. The van der Waals surface area contributed by atoms with Gasteiger partial charge in [-0.3, -0.25) is 0 Å². The first-order chi connectivity index (χ1) is 10.1. The van der Waals surface area contributed by atoms with Crippen LogP contribution in [-0.4, -0.2) is 43.7 Å². The van der Waals surface area contributed by atoms with Gasteiger partial charge in [0.2, 0.25) is 0 Å². The van der Waals surface area contributed by atoms with E-state index in [9.17, 15) is 4.79 Å². The first-order valence-corrected chi connectivity index (χ1v) is 7.65. The molecular weight excluding hydrogens is 266 g/mol. The third-order valence-electron chi connectivity index (χ3n) is 3.42. The Kier molecular flexibility index (Phi) is 7.61. The molecule has 5 nitrogen and oxygen atoms in total. The number of benzene rings is 1. The molecule has 118 valence electrons. The van der Waals surface area contributed by atoms with E-state index in [0.717, 1.165) is 38.3 Å². The molecule has 0 aliphatic heterocycles. The predicted octanol–water partition coefficient (Wildman–Crippen LogP) is 2.59. The van der Waals surface area contributed by atoms with Gasteiger partial charge in [0.1, 0.15) is 0 Å². The van der Waals surface area contributed by atoms with E-state index in [0.29, 0.717) is 17.9 Å². The molecule has 1 aromatic carbocycles. The molecule has 5 heteroatoms. The number of nitrogens with one attached hydrogen (secondary N) is 1. The van der Waals surface area contributed by atoms with Crippen LogP contribution in [0.2, 0.25) is 0 Å². The van der Waals surface area contributed by atoms with Gasteiger partial charge in [-0.2, -0.15) is 0 Å². The summed E-state index contributed by atoms with van der Waals surface area (Å²) in [6.07, 6.45) is 1.06. The third kappa shape index (κ3) is 5.63. The lowest BCUT2D eigenvalue weighted by Crippen LogP contribution is -2.25. The summed E-state index contributed by atoms with van der Waals surface area (Å²) in [7, 11) is 0. The Morgan fingerprint density at radius 2 is 2.00 bits per heavy atom. The van der Waals surface area contributed by atoms with Crippen LogP contribution in [0.5, 0.6) is 0 Å². The Bertz CT molecular complexity index is 445. The summed E-state index contributed by atoms with van der Waals surface area (Å²) in [6.45, 7) is 10.5. The summed E-state index contributed by atoms with van der Waals surface area (Å²) in [5.74, 6) is -0.373. The number of carbonyl (C=O) groups excluding carboxylic acids is 1. The summed E-state index contributed by atoms with van der Waals surface area (Å²) < 4.78 is 5.00. The number of anilines is 2. The van der Waals surface area contributed by atoms with Gasteiger partial charge in [0.05, 0.1) is 12.2 Å². The average Bonchev–Trinajstić information content (AvgIpc) is 2.49. The highest BCUT2D eigenvalue weighted by atomic mass is 16.5. The highest BCUT2D eigenvalue weighted by Gasteiger charge is 2.11. The summed E-state index contributed by atoms with van der Waals surface area (Å²) in [5.41, 5.74) is 7.58. The Morgan fingerprint density at radius 1 is 1.29 bits per heavy atom. The fourth-order valence-electron chi connectivity index (χ4n) is 2.13. The van der Waals surface area contributed by atoms with Crippen molar-refractivity contribution in [3.8, 4) is 0 Å². The minimum absolute atomic E-state index is 0.347. The van der Waals surface area contributed by atoms with Gasteiger partial charge in [-0.05, 0) is 51.2 Å². The first kappa shape index (κ1) is 17.3. The molecule has 0 amide bonds. The van der Waals surface area contributed by atoms with Crippen LogP contribution in [0.3, 0.4) is 0 Å². The number of nitrogens with two attached hydrogens (primary N) is 1. The maximum absolute atomic E-state index is 11.8. The van der Waals surface area contributed by atoms with Crippen molar-refractivity contribution in [3.63, 3.8) is 0 Å². The van der Waals surface area contributed by atoms with Crippen LogP contribution in [0.25, 0.3) is 0 Å². The van der Waals surface area contributed by atoms with Crippen molar-refractivity contribution in [1.29, 1.82) is 0 Å². The smallest absolute Gasteiger partial charge is 0.340 e. The van der Waals surface area contributed by atoms with E-state index in [2.05, 4.69) is 24.1 Å². The molecular formula is C16H27N3O2. The number of esters is 1. The number of ether oxygens (including phenoxy) is 1. The van der Waals surface area contributed by atoms with Gasteiger partial charge in [-0.25, -0.2) is 4.79 Å². The lowest BCUT2D eigenvalue weighted by Gasteiger charge is -2.18. The number of nitrogen functional groups attached to an aromatic ring is 1. The van der Waals surface area contributed by atoms with Crippen LogP contribution >= 0.6 is 0 Å². The summed E-state index contributed by atoms with van der Waals surface area (Å²) >= 11 is 0. The van der Waals surface area contributed by atoms with Crippen molar-refractivity contribution in [2.24, 2.45) is 0 Å². The second kappa shape index (κ2) is 9.23. The van der Waals surface area contributed by atoms with Crippen LogP contribution < -0.4 is 11.1 Å². The van der Waals surface area contributed by atoms with Crippen molar-refractivity contribution >= 4 is 17.3 Å². The predicted molar refractivity (Wildman–Crippen MR) is 87.7 cm³/mol.